The first kappa shape index (κ1) is 20.0. The number of carbonyl (C=O) groups excluding carboxylic acids is 2. The Labute approximate surface area is 173 Å². The minimum atomic E-state index is 0.0587. The average Bonchev–Trinajstić information content (AvgIpc) is 3.17. The average molecular weight is 396 g/mol. The van der Waals surface area contributed by atoms with Gasteiger partial charge in [-0.2, -0.15) is 0 Å². The highest BCUT2D eigenvalue weighted by molar-refractivity contribution is 5.83. The zero-order valence-electron chi connectivity index (χ0n) is 17.5. The van der Waals surface area contributed by atoms with Crippen molar-refractivity contribution in [3.05, 3.63) is 36.0 Å². The molecule has 2 aromatic rings. The molecule has 5 nitrogen and oxygen atoms in total. The smallest absolute Gasteiger partial charge is 0.225 e. The third-order valence-corrected chi connectivity index (χ3v) is 6.91. The van der Waals surface area contributed by atoms with Gasteiger partial charge in [0.2, 0.25) is 11.8 Å². The Kier molecular flexibility index (Phi) is 6.22. The van der Waals surface area contributed by atoms with Crippen molar-refractivity contribution >= 4 is 22.7 Å². The summed E-state index contributed by atoms with van der Waals surface area (Å²) in [7, 11) is 0. The van der Waals surface area contributed by atoms with Gasteiger partial charge in [-0.15, -0.1) is 0 Å². The van der Waals surface area contributed by atoms with Crippen molar-refractivity contribution in [1.82, 2.24) is 15.2 Å². The van der Waals surface area contributed by atoms with Gasteiger partial charge in [-0.3, -0.25) is 9.59 Å². The molecular formula is C24H33N3O2. The zero-order valence-corrected chi connectivity index (χ0v) is 17.5. The lowest BCUT2D eigenvalue weighted by molar-refractivity contribution is -0.139. The van der Waals surface area contributed by atoms with Gasteiger partial charge in [0, 0.05) is 48.6 Å². The van der Waals surface area contributed by atoms with Crippen LogP contribution in [0.5, 0.6) is 0 Å². The van der Waals surface area contributed by atoms with Gasteiger partial charge in [0.1, 0.15) is 0 Å². The van der Waals surface area contributed by atoms with E-state index < -0.39 is 0 Å². The number of hydrogen-bond donors (Lipinski definition) is 2. The molecule has 2 fully saturated rings. The maximum absolute atomic E-state index is 12.8. The van der Waals surface area contributed by atoms with Crippen LogP contribution in [-0.2, 0) is 16.0 Å². The molecule has 4 rings (SSSR count). The molecule has 2 N–H and O–H groups in total. The Morgan fingerprint density at radius 2 is 1.72 bits per heavy atom. The molecule has 29 heavy (non-hydrogen) atoms. The van der Waals surface area contributed by atoms with Crippen LogP contribution in [0.3, 0.4) is 0 Å². The van der Waals surface area contributed by atoms with E-state index in [2.05, 4.69) is 34.3 Å². The number of amides is 2. The van der Waals surface area contributed by atoms with E-state index in [0.29, 0.717) is 12.5 Å². The molecule has 156 valence electrons. The van der Waals surface area contributed by atoms with Gasteiger partial charge in [0.15, 0.2) is 0 Å². The Morgan fingerprint density at radius 3 is 2.48 bits per heavy atom. The fraction of sp³-hybridized carbons (Fsp3) is 0.583. The van der Waals surface area contributed by atoms with Crippen molar-refractivity contribution in [2.45, 2.75) is 51.9 Å². The molecule has 0 atom stereocenters. The Bertz CT molecular complexity index is 843. The van der Waals surface area contributed by atoms with Gasteiger partial charge in [0.25, 0.3) is 0 Å². The predicted octanol–water partition coefficient (Wildman–Crippen LogP) is 3.89. The second-order valence-electron chi connectivity index (χ2n) is 8.96. The molecule has 2 amide bonds. The minimum absolute atomic E-state index is 0.0587. The normalized spacial score (nSPS) is 23.3. The molecule has 2 aliphatic rings. The highest BCUT2D eigenvalue weighted by atomic mass is 16.2. The molecule has 0 radical (unpaired) electrons. The number of nitrogens with one attached hydrogen (secondary N) is 2. The summed E-state index contributed by atoms with van der Waals surface area (Å²) in [5, 5.41) is 4.35. The van der Waals surface area contributed by atoms with Crippen molar-refractivity contribution in [2.75, 3.05) is 19.6 Å². The zero-order chi connectivity index (χ0) is 20.2. The number of benzene rings is 1. The molecule has 5 heteroatoms. The standard InChI is InChI=1S/C24H33N3O2/c1-17-11-14-27(15-12-17)24(29)19-8-6-18(7-9-19)23(28)25-13-10-20-16-26-22-5-3-2-4-21(20)22/h2-5,16-19,26H,6-15H2,1H3,(H,25,28). The fourth-order valence-corrected chi connectivity index (χ4v) is 4.89. The molecule has 1 aromatic heterocycles. The van der Waals surface area contributed by atoms with Crippen LogP contribution in [0.15, 0.2) is 30.5 Å². The van der Waals surface area contributed by atoms with Crippen LogP contribution < -0.4 is 5.32 Å². The first-order chi connectivity index (χ1) is 14.1. The van der Waals surface area contributed by atoms with Gasteiger partial charge >= 0.3 is 0 Å². The first-order valence-corrected chi connectivity index (χ1v) is 11.2. The van der Waals surface area contributed by atoms with Crippen LogP contribution in [0.1, 0.15) is 51.0 Å². The summed E-state index contributed by atoms with van der Waals surface area (Å²) in [5.41, 5.74) is 2.38. The van der Waals surface area contributed by atoms with E-state index in [4.69, 9.17) is 0 Å². The molecule has 0 bridgehead atoms. The number of fused-ring (bicyclic) bond motifs is 1. The highest BCUT2D eigenvalue weighted by Crippen LogP contribution is 2.31. The number of para-hydroxylation sites is 1. The molecular weight excluding hydrogens is 362 g/mol. The Hall–Kier alpha value is -2.30. The summed E-state index contributed by atoms with van der Waals surface area (Å²) in [6.45, 7) is 4.75. The van der Waals surface area contributed by atoms with E-state index in [-0.39, 0.29) is 17.7 Å². The third kappa shape index (κ3) is 4.65. The quantitative estimate of drug-likeness (QED) is 0.807. The maximum atomic E-state index is 12.8. The number of H-pyrrole nitrogens is 1. The van der Waals surface area contributed by atoms with Crippen LogP contribution in [0.25, 0.3) is 10.9 Å². The summed E-state index contributed by atoms with van der Waals surface area (Å²) in [5.74, 6) is 1.41. The molecule has 1 saturated heterocycles. The van der Waals surface area contributed by atoms with Crippen LogP contribution in [0.4, 0.5) is 0 Å². The topological polar surface area (TPSA) is 65.2 Å². The largest absolute Gasteiger partial charge is 0.361 e. The summed E-state index contributed by atoms with van der Waals surface area (Å²) in [6.07, 6.45) is 8.49. The summed E-state index contributed by atoms with van der Waals surface area (Å²) in [6, 6.07) is 8.26. The molecule has 1 aliphatic heterocycles. The van der Waals surface area contributed by atoms with E-state index in [1.54, 1.807) is 0 Å². The van der Waals surface area contributed by atoms with Crippen molar-refractivity contribution < 1.29 is 9.59 Å². The van der Waals surface area contributed by atoms with Crippen molar-refractivity contribution in [3.63, 3.8) is 0 Å². The predicted molar refractivity (Wildman–Crippen MR) is 115 cm³/mol. The second kappa shape index (κ2) is 9.02. The lowest BCUT2D eigenvalue weighted by atomic mass is 9.80. The number of aromatic amines is 1. The van der Waals surface area contributed by atoms with E-state index in [1.165, 1.54) is 10.9 Å². The molecule has 0 unspecified atom stereocenters. The van der Waals surface area contributed by atoms with E-state index in [0.717, 1.165) is 69.5 Å². The SMILES string of the molecule is CC1CCN(C(=O)C2CCC(C(=O)NCCc3c[nH]c4ccccc34)CC2)CC1. The number of aromatic nitrogens is 1. The van der Waals surface area contributed by atoms with Gasteiger partial charge in [-0.25, -0.2) is 0 Å². The highest BCUT2D eigenvalue weighted by Gasteiger charge is 2.33. The molecule has 1 aliphatic carbocycles. The van der Waals surface area contributed by atoms with Crippen LogP contribution in [0, 0.1) is 17.8 Å². The lowest BCUT2D eigenvalue weighted by Crippen LogP contribution is -2.43. The fourth-order valence-electron chi connectivity index (χ4n) is 4.89. The lowest BCUT2D eigenvalue weighted by Gasteiger charge is -2.35. The second-order valence-corrected chi connectivity index (χ2v) is 8.96. The molecule has 0 spiro atoms. The summed E-state index contributed by atoms with van der Waals surface area (Å²) < 4.78 is 0. The van der Waals surface area contributed by atoms with Crippen LogP contribution >= 0.6 is 0 Å². The number of carbonyl (C=O) groups is 2. The number of rotatable bonds is 5. The van der Waals surface area contributed by atoms with E-state index in [9.17, 15) is 9.59 Å². The monoisotopic (exact) mass is 395 g/mol. The minimum Gasteiger partial charge on any atom is -0.361 e. The number of hydrogen-bond acceptors (Lipinski definition) is 2. The first-order valence-electron chi connectivity index (χ1n) is 11.2. The summed E-state index contributed by atoms with van der Waals surface area (Å²) in [4.78, 5) is 30.7. The molecule has 1 aromatic carbocycles. The molecule has 2 heterocycles. The van der Waals surface area contributed by atoms with E-state index >= 15 is 0 Å². The van der Waals surface area contributed by atoms with Crippen molar-refractivity contribution in [3.8, 4) is 0 Å². The van der Waals surface area contributed by atoms with Gasteiger partial charge in [-0.05, 0) is 62.5 Å². The number of piperidine rings is 1. The van der Waals surface area contributed by atoms with Crippen molar-refractivity contribution in [1.29, 1.82) is 0 Å². The van der Waals surface area contributed by atoms with Gasteiger partial charge < -0.3 is 15.2 Å². The third-order valence-electron chi connectivity index (χ3n) is 6.91. The number of likely N-dealkylation sites (tertiary alicyclic amines) is 1. The van der Waals surface area contributed by atoms with Crippen LogP contribution in [-0.4, -0.2) is 41.3 Å². The van der Waals surface area contributed by atoms with E-state index in [1.807, 2.05) is 18.3 Å². The maximum Gasteiger partial charge on any atom is 0.225 e. The van der Waals surface area contributed by atoms with Gasteiger partial charge in [0.05, 0.1) is 0 Å². The Balaban J connectivity index is 1.20. The summed E-state index contributed by atoms with van der Waals surface area (Å²) >= 11 is 0. The van der Waals surface area contributed by atoms with Crippen molar-refractivity contribution in [2.24, 2.45) is 17.8 Å². The molecule has 1 saturated carbocycles. The Morgan fingerprint density at radius 1 is 1.03 bits per heavy atom. The van der Waals surface area contributed by atoms with Crippen LogP contribution in [0.2, 0.25) is 0 Å². The number of nitrogens with zero attached hydrogens (tertiary/aromatic N) is 1. The van der Waals surface area contributed by atoms with Gasteiger partial charge in [-0.1, -0.05) is 25.1 Å².